The first-order valence-electron chi connectivity index (χ1n) is 7.90. The molecule has 0 aliphatic carbocycles. The highest BCUT2D eigenvalue weighted by Crippen LogP contribution is 2.26. The Bertz CT molecular complexity index is 603. The van der Waals surface area contributed by atoms with E-state index in [2.05, 4.69) is 50.5 Å². The molecule has 114 valence electrons. The monoisotopic (exact) mass is 303 g/mol. The first-order chi connectivity index (χ1) is 10.0. The number of hydrogen-bond acceptors (Lipinski definition) is 3. The molecular formula is C18H25NOS. The van der Waals surface area contributed by atoms with E-state index in [1.165, 1.54) is 22.4 Å². The second kappa shape index (κ2) is 5.98. The quantitative estimate of drug-likeness (QED) is 0.901. The SMILES string of the molecule is Cc1oc(Cc2ccsc2C)cc1CC1C[C@H](C)C(C)N1. The van der Waals surface area contributed by atoms with Gasteiger partial charge in [0, 0.05) is 23.4 Å². The Morgan fingerprint density at radius 1 is 1.29 bits per heavy atom. The molecule has 3 atom stereocenters. The van der Waals surface area contributed by atoms with Gasteiger partial charge in [-0.2, -0.15) is 0 Å². The van der Waals surface area contributed by atoms with Crippen LogP contribution in [0, 0.1) is 19.8 Å². The number of nitrogens with one attached hydrogen (secondary N) is 1. The second-order valence-corrected chi connectivity index (χ2v) is 7.66. The summed E-state index contributed by atoms with van der Waals surface area (Å²) >= 11 is 1.81. The lowest BCUT2D eigenvalue weighted by Gasteiger charge is -2.10. The number of aryl methyl sites for hydroxylation is 2. The number of rotatable bonds is 4. The first kappa shape index (κ1) is 14.9. The molecule has 1 N–H and O–H groups in total. The van der Waals surface area contributed by atoms with Crippen molar-refractivity contribution in [1.29, 1.82) is 0 Å². The van der Waals surface area contributed by atoms with E-state index in [0.717, 1.165) is 30.3 Å². The summed E-state index contributed by atoms with van der Waals surface area (Å²) in [6.07, 6.45) is 3.28. The Morgan fingerprint density at radius 3 is 2.71 bits per heavy atom. The highest BCUT2D eigenvalue weighted by Gasteiger charge is 2.28. The fourth-order valence-corrected chi connectivity index (χ4v) is 4.05. The van der Waals surface area contributed by atoms with E-state index in [4.69, 9.17) is 4.42 Å². The molecule has 1 saturated heterocycles. The summed E-state index contributed by atoms with van der Waals surface area (Å²) in [5, 5.41) is 5.86. The number of thiophene rings is 1. The molecule has 21 heavy (non-hydrogen) atoms. The third kappa shape index (κ3) is 3.24. The first-order valence-corrected chi connectivity index (χ1v) is 8.78. The topological polar surface area (TPSA) is 25.2 Å². The molecule has 2 aromatic heterocycles. The summed E-state index contributed by atoms with van der Waals surface area (Å²) in [5.74, 6) is 2.96. The van der Waals surface area contributed by atoms with E-state index in [1.54, 1.807) is 0 Å². The van der Waals surface area contributed by atoms with Crippen LogP contribution in [0.4, 0.5) is 0 Å². The average molecular weight is 303 g/mol. The zero-order chi connectivity index (χ0) is 15.0. The van der Waals surface area contributed by atoms with Crippen LogP contribution in [-0.4, -0.2) is 12.1 Å². The van der Waals surface area contributed by atoms with Crippen molar-refractivity contribution in [1.82, 2.24) is 5.32 Å². The van der Waals surface area contributed by atoms with Gasteiger partial charge in [0.1, 0.15) is 11.5 Å². The molecule has 1 aliphatic heterocycles. The molecule has 2 unspecified atom stereocenters. The van der Waals surface area contributed by atoms with Gasteiger partial charge in [0.15, 0.2) is 0 Å². The lowest BCUT2D eigenvalue weighted by Crippen LogP contribution is -2.29. The lowest BCUT2D eigenvalue weighted by molar-refractivity contribution is 0.485. The van der Waals surface area contributed by atoms with Gasteiger partial charge in [-0.1, -0.05) is 6.92 Å². The van der Waals surface area contributed by atoms with Gasteiger partial charge in [0.05, 0.1) is 0 Å². The summed E-state index contributed by atoms with van der Waals surface area (Å²) < 4.78 is 5.98. The molecule has 3 heteroatoms. The molecule has 0 spiro atoms. The molecule has 1 fully saturated rings. The fraction of sp³-hybridized carbons (Fsp3) is 0.556. The van der Waals surface area contributed by atoms with Gasteiger partial charge in [-0.05, 0) is 68.2 Å². The van der Waals surface area contributed by atoms with Crippen molar-refractivity contribution < 1.29 is 4.42 Å². The highest BCUT2D eigenvalue weighted by atomic mass is 32.1. The normalized spacial score (nSPS) is 25.6. The zero-order valence-electron chi connectivity index (χ0n) is 13.4. The van der Waals surface area contributed by atoms with Gasteiger partial charge in [-0.3, -0.25) is 0 Å². The third-order valence-corrected chi connectivity index (χ3v) is 5.77. The minimum absolute atomic E-state index is 0.599. The van der Waals surface area contributed by atoms with Crippen molar-refractivity contribution in [2.45, 2.75) is 59.0 Å². The standard InChI is InChI=1S/C18H25NOS/c1-11-7-17(19-12(11)2)8-16-10-18(20-13(16)3)9-15-5-6-21-14(15)4/h5-6,10-12,17,19H,7-9H2,1-4H3/t11-,12?,17?/m0/s1. The van der Waals surface area contributed by atoms with E-state index in [-0.39, 0.29) is 0 Å². The van der Waals surface area contributed by atoms with Crippen molar-refractivity contribution in [3.8, 4) is 0 Å². The van der Waals surface area contributed by atoms with Crippen LogP contribution in [0.15, 0.2) is 21.9 Å². The van der Waals surface area contributed by atoms with Crippen molar-refractivity contribution in [3.63, 3.8) is 0 Å². The van der Waals surface area contributed by atoms with Crippen molar-refractivity contribution in [3.05, 3.63) is 45.0 Å². The zero-order valence-corrected chi connectivity index (χ0v) is 14.2. The summed E-state index contributed by atoms with van der Waals surface area (Å²) in [6.45, 7) is 8.91. The van der Waals surface area contributed by atoms with E-state index < -0.39 is 0 Å². The number of furan rings is 1. The van der Waals surface area contributed by atoms with E-state index in [9.17, 15) is 0 Å². The molecular weight excluding hydrogens is 278 g/mol. The third-order valence-electron chi connectivity index (χ3n) is 4.88. The van der Waals surface area contributed by atoms with E-state index in [1.807, 2.05) is 11.3 Å². The lowest BCUT2D eigenvalue weighted by atomic mass is 9.99. The van der Waals surface area contributed by atoms with E-state index in [0.29, 0.717) is 12.1 Å². The van der Waals surface area contributed by atoms with Crippen LogP contribution in [-0.2, 0) is 12.8 Å². The van der Waals surface area contributed by atoms with Crippen molar-refractivity contribution >= 4 is 11.3 Å². The Hall–Kier alpha value is -1.06. The smallest absolute Gasteiger partial charge is 0.108 e. The summed E-state index contributed by atoms with van der Waals surface area (Å²) in [5.41, 5.74) is 2.76. The number of hydrogen-bond donors (Lipinski definition) is 1. The van der Waals surface area contributed by atoms with Gasteiger partial charge in [-0.15, -0.1) is 11.3 Å². The molecule has 3 heterocycles. The Balaban J connectivity index is 1.69. The van der Waals surface area contributed by atoms with Crippen LogP contribution in [0.3, 0.4) is 0 Å². The van der Waals surface area contributed by atoms with Crippen LogP contribution in [0.5, 0.6) is 0 Å². The molecule has 2 nitrogen and oxygen atoms in total. The Morgan fingerprint density at radius 2 is 2.10 bits per heavy atom. The van der Waals surface area contributed by atoms with Gasteiger partial charge in [-0.25, -0.2) is 0 Å². The second-order valence-electron chi connectivity index (χ2n) is 6.54. The summed E-state index contributed by atoms with van der Waals surface area (Å²) in [4.78, 5) is 1.39. The molecule has 3 rings (SSSR count). The fourth-order valence-electron chi connectivity index (χ4n) is 3.32. The minimum Gasteiger partial charge on any atom is -0.466 e. The van der Waals surface area contributed by atoms with Gasteiger partial charge in [0.2, 0.25) is 0 Å². The van der Waals surface area contributed by atoms with Crippen LogP contribution >= 0.6 is 11.3 Å². The molecule has 0 saturated carbocycles. The maximum absolute atomic E-state index is 5.98. The Labute approximate surface area is 131 Å². The van der Waals surface area contributed by atoms with E-state index >= 15 is 0 Å². The molecule has 2 aromatic rings. The van der Waals surface area contributed by atoms with Gasteiger partial charge < -0.3 is 9.73 Å². The average Bonchev–Trinajstić information content (AvgIpc) is 3.05. The van der Waals surface area contributed by atoms with Crippen molar-refractivity contribution in [2.24, 2.45) is 5.92 Å². The van der Waals surface area contributed by atoms with Gasteiger partial charge >= 0.3 is 0 Å². The maximum Gasteiger partial charge on any atom is 0.108 e. The van der Waals surface area contributed by atoms with Crippen LogP contribution in [0.25, 0.3) is 0 Å². The Kier molecular flexibility index (Phi) is 4.23. The molecule has 0 bridgehead atoms. The predicted molar refractivity (Wildman–Crippen MR) is 89.2 cm³/mol. The highest BCUT2D eigenvalue weighted by molar-refractivity contribution is 7.10. The minimum atomic E-state index is 0.599. The molecule has 0 aromatic carbocycles. The van der Waals surface area contributed by atoms with Crippen molar-refractivity contribution in [2.75, 3.05) is 0 Å². The predicted octanol–water partition coefficient (Wildman–Crippen LogP) is 4.48. The maximum atomic E-state index is 5.98. The van der Waals surface area contributed by atoms with Crippen LogP contribution in [0.2, 0.25) is 0 Å². The molecule has 1 aliphatic rings. The molecule has 0 amide bonds. The largest absolute Gasteiger partial charge is 0.466 e. The van der Waals surface area contributed by atoms with Crippen LogP contribution in [0.1, 0.15) is 47.8 Å². The summed E-state index contributed by atoms with van der Waals surface area (Å²) in [7, 11) is 0. The summed E-state index contributed by atoms with van der Waals surface area (Å²) in [6, 6.07) is 5.71. The molecule has 0 radical (unpaired) electrons. The van der Waals surface area contributed by atoms with Gasteiger partial charge in [0.25, 0.3) is 0 Å². The van der Waals surface area contributed by atoms with Crippen LogP contribution < -0.4 is 5.32 Å².